The highest BCUT2D eigenvalue weighted by atomic mass is 35.5. The largest absolute Gasteiger partial charge is 0.457 e. The van der Waals surface area contributed by atoms with Crippen LogP contribution in [0.2, 0.25) is 20.1 Å². The van der Waals surface area contributed by atoms with Gasteiger partial charge >= 0.3 is 0 Å². The molecule has 1 aliphatic heterocycles. The number of imide groups is 1. The lowest BCUT2D eigenvalue weighted by Crippen LogP contribution is -2.27. The van der Waals surface area contributed by atoms with Crippen molar-refractivity contribution in [2.24, 2.45) is 0 Å². The molecule has 29 heavy (non-hydrogen) atoms. The highest BCUT2D eigenvalue weighted by Crippen LogP contribution is 2.39. The van der Waals surface area contributed by atoms with Gasteiger partial charge in [-0.15, -0.1) is 0 Å². The van der Waals surface area contributed by atoms with Crippen molar-refractivity contribution in [1.82, 2.24) is 0 Å². The average molecular weight is 485 g/mol. The second-order valence-corrected chi connectivity index (χ2v) is 8.51. The Morgan fingerprint density at radius 3 is 2.45 bits per heavy atom. The van der Waals surface area contributed by atoms with E-state index in [0.29, 0.717) is 37.8 Å². The minimum absolute atomic E-state index is 0.221. The number of carbonyl (C=O) groups excluding carboxylic acids is 2. The van der Waals surface area contributed by atoms with Crippen molar-refractivity contribution in [2.75, 3.05) is 4.90 Å². The molecule has 2 aromatic carbocycles. The van der Waals surface area contributed by atoms with E-state index in [1.165, 1.54) is 18.2 Å². The van der Waals surface area contributed by atoms with Gasteiger partial charge in [0.15, 0.2) is 0 Å². The molecule has 3 aromatic rings. The fourth-order valence-corrected chi connectivity index (χ4v) is 4.22. The number of carbonyl (C=O) groups is 2. The molecule has 0 spiro atoms. The summed E-state index contributed by atoms with van der Waals surface area (Å²) in [5.74, 6) is 0.417. The molecule has 2 amide bonds. The third-order valence-electron chi connectivity index (χ3n) is 4.07. The molecule has 0 radical (unpaired) electrons. The fraction of sp³-hybridized carbons (Fsp3) is 0. The van der Waals surface area contributed by atoms with Gasteiger partial charge in [-0.3, -0.25) is 9.59 Å². The van der Waals surface area contributed by atoms with Gasteiger partial charge in [-0.1, -0.05) is 52.5 Å². The Labute approximate surface area is 190 Å². The minimum atomic E-state index is -0.475. The Bertz CT molecular complexity index is 1190. The first kappa shape index (κ1) is 20.4. The van der Waals surface area contributed by atoms with E-state index in [4.69, 9.17) is 50.8 Å². The van der Waals surface area contributed by atoms with E-state index in [1.54, 1.807) is 36.4 Å². The molecule has 4 rings (SSSR count). The van der Waals surface area contributed by atoms with Crippen LogP contribution in [0.5, 0.6) is 0 Å². The van der Waals surface area contributed by atoms with E-state index < -0.39 is 11.1 Å². The van der Waals surface area contributed by atoms with Crippen LogP contribution in [0.1, 0.15) is 5.76 Å². The van der Waals surface area contributed by atoms with Gasteiger partial charge < -0.3 is 4.42 Å². The summed E-state index contributed by atoms with van der Waals surface area (Å²) in [6, 6.07) is 13.2. The minimum Gasteiger partial charge on any atom is -0.457 e. The van der Waals surface area contributed by atoms with Crippen LogP contribution >= 0.6 is 58.2 Å². The number of hydrogen-bond donors (Lipinski definition) is 0. The molecule has 0 bridgehead atoms. The molecule has 9 heteroatoms. The highest BCUT2D eigenvalue weighted by molar-refractivity contribution is 8.19. The Balaban J connectivity index is 1.63. The second kappa shape index (κ2) is 8.09. The maximum absolute atomic E-state index is 12.8. The Morgan fingerprint density at radius 1 is 0.897 bits per heavy atom. The number of halogens is 4. The first-order chi connectivity index (χ1) is 13.8. The lowest BCUT2D eigenvalue weighted by atomic mass is 10.2. The lowest BCUT2D eigenvalue weighted by molar-refractivity contribution is -0.113. The number of rotatable bonds is 3. The van der Waals surface area contributed by atoms with Crippen LogP contribution in [0.15, 0.2) is 57.9 Å². The fourth-order valence-electron chi connectivity index (χ4n) is 2.71. The van der Waals surface area contributed by atoms with Gasteiger partial charge in [-0.2, -0.15) is 0 Å². The van der Waals surface area contributed by atoms with Crippen LogP contribution in [0, 0.1) is 0 Å². The number of thioether (sulfide) groups is 1. The van der Waals surface area contributed by atoms with Gasteiger partial charge in [0.25, 0.3) is 11.1 Å². The average Bonchev–Trinajstić information content (AvgIpc) is 3.25. The molecule has 0 saturated carbocycles. The summed E-state index contributed by atoms with van der Waals surface area (Å²) in [7, 11) is 0. The molecule has 1 saturated heterocycles. The number of amides is 2. The summed E-state index contributed by atoms with van der Waals surface area (Å²) in [5, 5.41) is 0.922. The molecule has 2 heterocycles. The quantitative estimate of drug-likeness (QED) is 0.356. The maximum atomic E-state index is 12.8. The highest BCUT2D eigenvalue weighted by Gasteiger charge is 2.36. The van der Waals surface area contributed by atoms with E-state index in [0.717, 1.165) is 16.7 Å². The maximum Gasteiger partial charge on any atom is 0.298 e. The Kier molecular flexibility index (Phi) is 5.69. The first-order valence-electron chi connectivity index (χ1n) is 8.12. The second-order valence-electron chi connectivity index (χ2n) is 5.92. The summed E-state index contributed by atoms with van der Waals surface area (Å²) in [4.78, 5) is 26.4. The normalized spacial score (nSPS) is 15.6. The molecule has 1 fully saturated rings. The van der Waals surface area contributed by atoms with Crippen molar-refractivity contribution in [2.45, 2.75) is 0 Å². The molecule has 0 aliphatic carbocycles. The van der Waals surface area contributed by atoms with Crippen LogP contribution in [-0.4, -0.2) is 11.1 Å². The van der Waals surface area contributed by atoms with Gasteiger partial charge in [0, 0.05) is 11.6 Å². The van der Waals surface area contributed by atoms with Crippen molar-refractivity contribution >= 4 is 81.1 Å². The van der Waals surface area contributed by atoms with Crippen molar-refractivity contribution < 1.29 is 14.0 Å². The molecule has 4 nitrogen and oxygen atoms in total. The summed E-state index contributed by atoms with van der Waals surface area (Å²) in [6.07, 6.45) is 1.50. The molecule has 0 N–H and O–H groups in total. The third kappa shape index (κ3) is 3.93. The van der Waals surface area contributed by atoms with E-state index in [9.17, 15) is 9.59 Å². The summed E-state index contributed by atoms with van der Waals surface area (Å²) < 4.78 is 5.77. The molecule has 0 unspecified atom stereocenters. The number of nitrogens with zero attached hydrogens (tertiary/aromatic N) is 1. The van der Waals surface area contributed by atoms with Crippen LogP contribution < -0.4 is 4.90 Å². The Morgan fingerprint density at radius 2 is 1.69 bits per heavy atom. The standard InChI is InChI=1S/C20H9Cl4NO3S/c21-13-6-4-10(8-15(13)23)25-19(26)17(29-20(25)27)9-11-5-7-16(28-11)12-2-1-3-14(22)18(12)24/h1-9H/b17-9+. The van der Waals surface area contributed by atoms with E-state index in [-0.39, 0.29) is 9.93 Å². The van der Waals surface area contributed by atoms with Crippen LogP contribution in [0.4, 0.5) is 10.5 Å². The van der Waals surface area contributed by atoms with Gasteiger partial charge in [-0.25, -0.2) is 4.90 Å². The van der Waals surface area contributed by atoms with Gasteiger partial charge in [0.1, 0.15) is 11.5 Å². The van der Waals surface area contributed by atoms with Gasteiger partial charge in [0.05, 0.1) is 30.7 Å². The van der Waals surface area contributed by atoms with Gasteiger partial charge in [0.2, 0.25) is 0 Å². The van der Waals surface area contributed by atoms with Crippen LogP contribution in [0.3, 0.4) is 0 Å². The van der Waals surface area contributed by atoms with E-state index in [2.05, 4.69) is 0 Å². The Hall–Kier alpha value is -1.89. The van der Waals surface area contributed by atoms with Crippen LogP contribution in [-0.2, 0) is 4.79 Å². The van der Waals surface area contributed by atoms with E-state index >= 15 is 0 Å². The van der Waals surface area contributed by atoms with Crippen molar-refractivity contribution in [3.8, 4) is 11.3 Å². The van der Waals surface area contributed by atoms with Gasteiger partial charge in [-0.05, 0) is 54.2 Å². The number of benzene rings is 2. The zero-order valence-electron chi connectivity index (χ0n) is 14.3. The number of furan rings is 1. The molecular weight excluding hydrogens is 476 g/mol. The smallest absolute Gasteiger partial charge is 0.298 e. The van der Waals surface area contributed by atoms with Crippen LogP contribution in [0.25, 0.3) is 17.4 Å². The van der Waals surface area contributed by atoms with E-state index in [1.807, 2.05) is 0 Å². The molecule has 1 aromatic heterocycles. The predicted octanol–water partition coefficient (Wildman–Crippen LogP) is 7.80. The first-order valence-corrected chi connectivity index (χ1v) is 10.4. The summed E-state index contributed by atoms with van der Waals surface area (Å²) in [6.45, 7) is 0. The molecular formula is C20H9Cl4NO3S. The number of hydrogen-bond acceptors (Lipinski definition) is 4. The lowest BCUT2D eigenvalue weighted by Gasteiger charge is -2.12. The van der Waals surface area contributed by atoms with Crippen molar-refractivity contribution in [3.05, 3.63) is 79.3 Å². The predicted molar refractivity (Wildman–Crippen MR) is 119 cm³/mol. The summed E-state index contributed by atoms with van der Waals surface area (Å²) >= 11 is 25.0. The van der Waals surface area contributed by atoms with Crippen molar-refractivity contribution in [1.29, 1.82) is 0 Å². The zero-order valence-corrected chi connectivity index (χ0v) is 18.1. The molecule has 1 aliphatic rings. The molecule has 146 valence electrons. The third-order valence-corrected chi connectivity index (χ3v) is 6.50. The topological polar surface area (TPSA) is 50.5 Å². The van der Waals surface area contributed by atoms with Crippen molar-refractivity contribution in [3.63, 3.8) is 0 Å². The zero-order chi connectivity index (χ0) is 20.7. The monoisotopic (exact) mass is 483 g/mol. The SMILES string of the molecule is O=C1S/C(=C/c2ccc(-c3cccc(Cl)c3Cl)o2)C(=O)N1c1ccc(Cl)c(Cl)c1. The molecule has 0 atom stereocenters. The summed E-state index contributed by atoms with van der Waals surface area (Å²) in [5.41, 5.74) is 0.971. The number of anilines is 1.